The lowest BCUT2D eigenvalue weighted by Gasteiger charge is -1.96. The minimum absolute atomic E-state index is 0.952. The van der Waals surface area contributed by atoms with Crippen LogP contribution in [0, 0.1) is 17.6 Å². The fraction of sp³-hybridized carbons (Fsp3) is 0.444. The molecular weight excluding hydrogens is 186 g/mol. The third kappa shape index (κ3) is 2.88. The molecule has 1 heterocycles. The monoisotopic (exact) mass is 197 g/mol. The molecule has 0 unspecified atom stereocenters. The van der Waals surface area contributed by atoms with Crippen LogP contribution < -0.4 is 0 Å². The largest absolute Gasteiger partial charge is 0.185 e. The molecular formula is C9H11NS2. The van der Waals surface area contributed by atoms with E-state index in [9.17, 15) is 0 Å². The van der Waals surface area contributed by atoms with E-state index in [2.05, 4.69) is 23.8 Å². The van der Waals surface area contributed by atoms with E-state index in [1.54, 1.807) is 0 Å². The quantitative estimate of drug-likeness (QED) is 0.546. The van der Waals surface area contributed by atoms with Crippen LogP contribution in [0.15, 0.2) is 11.4 Å². The molecule has 0 spiro atoms. The molecule has 0 amide bonds. The summed E-state index contributed by atoms with van der Waals surface area (Å²) in [6, 6.07) is 2.15. The lowest BCUT2D eigenvalue weighted by Crippen LogP contribution is -1.85. The SMILES string of the molecule is Cc1ccsc1CCCSC#N. The molecule has 0 radical (unpaired) electrons. The van der Waals surface area contributed by atoms with Crippen molar-refractivity contribution in [1.82, 2.24) is 0 Å². The number of aryl methyl sites for hydroxylation is 2. The van der Waals surface area contributed by atoms with Gasteiger partial charge in [-0.05, 0) is 48.5 Å². The van der Waals surface area contributed by atoms with Crippen LogP contribution in [0.5, 0.6) is 0 Å². The van der Waals surface area contributed by atoms with E-state index >= 15 is 0 Å². The van der Waals surface area contributed by atoms with Crippen LogP contribution >= 0.6 is 23.1 Å². The molecule has 1 nitrogen and oxygen atoms in total. The van der Waals surface area contributed by atoms with Crippen LogP contribution in [0.3, 0.4) is 0 Å². The highest BCUT2D eigenvalue weighted by molar-refractivity contribution is 8.03. The van der Waals surface area contributed by atoms with Gasteiger partial charge >= 0.3 is 0 Å². The summed E-state index contributed by atoms with van der Waals surface area (Å²) in [5, 5.41) is 12.5. The van der Waals surface area contributed by atoms with Gasteiger partial charge in [0.15, 0.2) is 0 Å². The Balaban J connectivity index is 2.25. The zero-order valence-corrected chi connectivity index (χ0v) is 8.67. The van der Waals surface area contributed by atoms with E-state index < -0.39 is 0 Å². The number of rotatable bonds is 4. The number of thiocyanates is 1. The van der Waals surface area contributed by atoms with Gasteiger partial charge in [0.2, 0.25) is 0 Å². The molecule has 12 heavy (non-hydrogen) atoms. The summed E-state index contributed by atoms with van der Waals surface area (Å²) in [7, 11) is 0. The summed E-state index contributed by atoms with van der Waals surface area (Å²) in [6.07, 6.45) is 2.23. The van der Waals surface area contributed by atoms with Gasteiger partial charge in [-0.2, -0.15) is 5.26 Å². The smallest absolute Gasteiger partial charge is 0.133 e. The molecule has 0 fully saturated rings. The number of hydrogen-bond acceptors (Lipinski definition) is 3. The van der Waals surface area contributed by atoms with Gasteiger partial charge in [-0.1, -0.05) is 0 Å². The fourth-order valence-electron chi connectivity index (χ4n) is 1.01. The highest BCUT2D eigenvalue weighted by Gasteiger charge is 1.98. The van der Waals surface area contributed by atoms with Gasteiger partial charge in [0.25, 0.3) is 0 Å². The molecule has 0 N–H and O–H groups in total. The standard InChI is InChI=1S/C9H11NS2/c1-8-4-6-12-9(8)3-2-5-11-7-10/h4,6H,2-3,5H2,1H3. The van der Waals surface area contributed by atoms with Crippen LogP contribution in [-0.2, 0) is 6.42 Å². The van der Waals surface area contributed by atoms with Crippen LogP contribution in [0.2, 0.25) is 0 Å². The maximum absolute atomic E-state index is 8.29. The van der Waals surface area contributed by atoms with Crippen molar-refractivity contribution >= 4 is 23.1 Å². The van der Waals surface area contributed by atoms with Crippen LogP contribution in [0.25, 0.3) is 0 Å². The average Bonchev–Trinajstić information content (AvgIpc) is 2.46. The molecule has 0 aliphatic rings. The normalized spacial score (nSPS) is 9.67. The summed E-state index contributed by atoms with van der Waals surface area (Å²) in [6.45, 7) is 2.14. The summed E-state index contributed by atoms with van der Waals surface area (Å²) in [5.74, 6) is 0.952. The van der Waals surface area contributed by atoms with Gasteiger partial charge in [-0.25, -0.2) is 0 Å². The maximum atomic E-state index is 8.29. The first-order valence-corrected chi connectivity index (χ1v) is 5.75. The highest BCUT2D eigenvalue weighted by Crippen LogP contribution is 2.18. The van der Waals surface area contributed by atoms with Gasteiger partial charge in [0.1, 0.15) is 5.40 Å². The lowest BCUT2D eigenvalue weighted by atomic mass is 10.2. The summed E-state index contributed by atoms with van der Waals surface area (Å²) in [5.41, 5.74) is 1.39. The van der Waals surface area contributed by atoms with E-state index in [0.717, 1.165) is 18.6 Å². The summed E-state index contributed by atoms with van der Waals surface area (Å²) < 4.78 is 0. The summed E-state index contributed by atoms with van der Waals surface area (Å²) >= 11 is 3.16. The minimum atomic E-state index is 0.952. The molecule has 64 valence electrons. The molecule has 0 aliphatic heterocycles. The predicted octanol–water partition coefficient (Wildman–Crippen LogP) is 3.20. The molecule has 1 aromatic heterocycles. The van der Waals surface area contributed by atoms with Crippen LogP contribution in [-0.4, -0.2) is 5.75 Å². The van der Waals surface area contributed by atoms with Crippen LogP contribution in [0.4, 0.5) is 0 Å². The molecule has 0 aromatic carbocycles. The number of hydrogen-bond donors (Lipinski definition) is 0. The van der Waals surface area contributed by atoms with Gasteiger partial charge in [-0.15, -0.1) is 11.3 Å². The van der Waals surface area contributed by atoms with Crippen molar-refractivity contribution in [2.24, 2.45) is 0 Å². The Kier molecular flexibility index (Phi) is 4.20. The third-order valence-corrected chi connectivity index (χ3v) is 3.39. The van der Waals surface area contributed by atoms with E-state index in [-0.39, 0.29) is 0 Å². The Morgan fingerprint density at radius 1 is 1.67 bits per heavy atom. The predicted molar refractivity (Wildman–Crippen MR) is 55.4 cm³/mol. The van der Waals surface area contributed by atoms with Crippen molar-refractivity contribution < 1.29 is 0 Å². The lowest BCUT2D eigenvalue weighted by molar-refractivity contribution is 0.946. The van der Waals surface area contributed by atoms with Crippen molar-refractivity contribution in [3.8, 4) is 5.40 Å². The molecule has 0 saturated carbocycles. The highest BCUT2D eigenvalue weighted by atomic mass is 32.2. The van der Waals surface area contributed by atoms with Gasteiger partial charge in [0, 0.05) is 10.6 Å². The van der Waals surface area contributed by atoms with E-state index in [1.165, 1.54) is 22.2 Å². The zero-order chi connectivity index (χ0) is 8.81. The first-order valence-electron chi connectivity index (χ1n) is 3.88. The second-order valence-corrected chi connectivity index (χ2v) is 4.45. The van der Waals surface area contributed by atoms with E-state index in [4.69, 9.17) is 5.26 Å². The second-order valence-electron chi connectivity index (χ2n) is 2.57. The van der Waals surface area contributed by atoms with Gasteiger partial charge < -0.3 is 0 Å². The van der Waals surface area contributed by atoms with Gasteiger partial charge in [-0.3, -0.25) is 0 Å². The second kappa shape index (κ2) is 5.23. The Morgan fingerprint density at radius 3 is 3.08 bits per heavy atom. The number of thioether (sulfide) groups is 1. The Hall–Kier alpha value is -0.460. The fourth-order valence-corrected chi connectivity index (χ4v) is 2.34. The maximum Gasteiger partial charge on any atom is 0.133 e. The number of nitriles is 1. The molecule has 3 heteroatoms. The molecule has 0 atom stereocenters. The first kappa shape index (κ1) is 9.63. The van der Waals surface area contributed by atoms with E-state index in [0.29, 0.717) is 0 Å². The minimum Gasteiger partial charge on any atom is -0.185 e. The topological polar surface area (TPSA) is 23.8 Å². The number of thiophene rings is 1. The van der Waals surface area contributed by atoms with Crippen LogP contribution in [0.1, 0.15) is 16.9 Å². The Morgan fingerprint density at radius 2 is 2.50 bits per heavy atom. The zero-order valence-electron chi connectivity index (χ0n) is 7.04. The van der Waals surface area contributed by atoms with Crippen molar-refractivity contribution in [3.63, 3.8) is 0 Å². The first-order chi connectivity index (χ1) is 5.84. The molecule has 1 aromatic rings. The van der Waals surface area contributed by atoms with Crippen molar-refractivity contribution in [2.45, 2.75) is 19.8 Å². The molecule has 0 aliphatic carbocycles. The van der Waals surface area contributed by atoms with Crippen molar-refractivity contribution in [1.29, 1.82) is 5.26 Å². The Labute approximate surface area is 81.4 Å². The molecule has 0 saturated heterocycles. The average molecular weight is 197 g/mol. The van der Waals surface area contributed by atoms with Gasteiger partial charge in [0.05, 0.1) is 0 Å². The molecule has 1 rings (SSSR count). The van der Waals surface area contributed by atoms with Crippen molar-refractivity contribution in [3.05, 3.63) is 21.9 Å². The summed E-state index contributed by atoms with van der Waals surface area (Å²) in [4.78, 5) is 1.47. The molecule has 0 bridgehead atoms. The third-order valence-electron chi connectivity index (χ3n) is 1.68. The van der Waals surface area contributed by atoms with Crippen molar-refractivity contribution in [2.75, 3.05) is 5.75 Å². The Bertz CT molecular complexity index is 272. The number of nitrogens with zero attached hydrogens (tertiary/aromatic N) is 1. The van der Waals surface area contributed by atoms with E-state index in [1.807, 2.05) is 11.3 Å².